The summed E-state index contributed by atoms with van der Waals surface area (Å²) in [5.74, 6) is -0.230. The van der Waals surface area contributed by atoms with E-state index < -0.39 is 5.91 Å². The molecule has 3 rings (SSSR count). The summed E-state index contributed by atoms with van der Waals surface area (Å²) in [5.41, 5.74) is 1.13. The van der Waals surface area contributed by atoms with Crippen LogP contribution in [0.1, 0.15) is 26.6 Å². The Labute approximate surface area is 146 Å². The number of halogens is 1. The van der Waals surface area contributed by atoms with Gasteiger partial charge in [0.1, 0.15) is 10.8 Å². The van der Waals surface area contributed by atoms with Crippen LogP contribution < -0.4 is 10.6 Å². The van der Waals surface area contributed by atoms with Crippen LogP contribution in [0.25, 0.3) is 0 Å². The molecule has 2 aromatic heterocycles. The maximum Gasteiger partial charge on any atom is 0.278 e. The van der Waals surface area contributed by atoms with Crippen LogP contribution in [0.2, 0.25) is 5.02 Å². The fourth-order valence-electron chi connectivity index (χ4n) is 1.96. The normalized spacial score (nSPS) is 10.4. The molecule has 2 N–H and O–H groups in total. The third-order valence-corrected chi connectivity index (χ3v) is 4.18. The second-order valence-electron chi connectivity index (χ2n) is 4.90. The highest BCUT2D eigenvalue weighted by atomic mass is 35.5. The molecule has 0 aliphatic heterocycles. The first-order valence-corrected chi connectivity index (χ1v) is 8.18. The van der Waals surface area contributed by atoms with E-state index in [4.69, 9.17) is 16.1 Å². The zero-order valence-corrected chi connectivity index (χ0v) is 14.1. The van der Waals surface area contributed by atoms with Crippen molar-refractivity contribution in [3.05, 3.63) is 63.8 Å². The third kappa shape index (κ3) is 3.64. The molecule has 0 radical (unpaired) electrons. The van der Waals surface area contributed by atoms with Gasteiger partial charge in [-0.2, -0.15) is 0 Å². The van der Waals surface area contributed by atoms with Gasteiger partial charge in [-0.05, 0) is 42.6 Å². The Morgan fingerprint density at radius 2 is 1.88 bits per heavy atom. The van der Waals surface area contributed by atoms with Crippen LogP contribution in [0.4, 0.5) is 10.7 Å². The topological polar surface area (TPSA) is 84.2 Å². The lowest BCUT2D eigenvalue weighted by Gasteiger charge is -2.07. The van der Waals surface area contributed by atoms with E-state index >= 15 is 0 Å². The van der Waals surface area contributed by atoms with Crippen molar-refractivity contribution in [1.29, 1.82) is 0 Å². The molecule has 0 saturated heterocycles. The summed E-state index contributed by atoms with van der Waals surface area (Å²) in [6.07, 6.45) is 0. The Bertz CT molecular complexity index is 886. The van der Waals surface area contributed by atoms with E-state index in [1.165, 1.54) is 17.4 Å². The summed E-state index contributed by atoms with van der Waals surface area (Å²) in [7, 11) is 0. The number of rotatable bonds is 4. The summed E-state index contributed by atoms with van der Waals surface area (Å²) in [4.78, 5) is 24.5. The minimum atomic E-state index is -0.435. The van der Waals surface area contributed by atoms with Gasteiger partial charge >= 0.3 is 0 Å². The number of anilines is 2. The Hall–Kier alpha value is -2.64. The highest BCUT2D eigenvalue weighted by Gasteiger charge is 2.18. The molecule has 24 heavy (non-hydrogen) atoms. The number of amides is 2. The maximum absolute atomic E-state index is 12.4. The van der Waals surface area contributed by atoms with Gasteiger partial charge in [-0.3, -0.25) is 9.59 Å². The number of nitrogens with zero attached hydrogens (tertiary/aromatic N) is 1. The molecule has 0 bridgehead atoms. The average molecular weight is 362 g/mol. The maximum atomic E-state index is 12.4. The van der Waals surface area contributed by atoms with Gasteiger partial charge in [0.25, 0.3) is 11.8 Å². The molecule has 2 heterocycles. The van der Waals surface area contributed by atoms with Gasteiger partial charge in [-0.25, -0.2) is 0 Å². The first-order chi connectivity index (χ1) is 11.5. The number of benzene rings is 1. The second kappa shape index (κ2) is 6.86. The van der Waals surface area contributed by atoms with Crippen molar-refractivity contribution in [3.63, 3.8) is 0 Å². The predicted octanol–water partition coefficient (Wildman–Crippen LogP) is 4.20. The van der Waals surface area contributed by atoms with Gasteiger partial charge in [0.2, 0.25) is 0 Å². The summed E-state index contributed by atoms with van der Waals surface area (Å²) >= 11 is 7.07. The van der Waals surface area contributed by atoms with E-state index in [0.29, 0.717) is 27.0 Å². The van der Waals surface area contributed by atoms with E-state index in [1.54, 1.807) is 42.6 Å². The number of carbonyl (C=O) groups excluding carboxylic acids is 2. The quantitative estimate of drug-likeness (QED) is 0.729. The van der Waals surface area contributed by atoms with Crippen molar-refractivity contribution >= 4 is 45.4 Å². The van der Waals surface area contributed by atoms with Crippen LogP contribution in [0, 0.1) is 6.92 Å². The highest BCUT2D eigenvalue weighted by Crippen LogP contribution is 2.25. The van der Waals surface area contributed by atoms with Crippen LogP contribution >= 0.6 is 22.9 Å². The van der Waals surface area contributed by atoms with Crippen molar-refractivity contribution < 1.29 is 14.1 Å². The molecular formula is C16H12ClN3O3S. The Morgan fingerprint density at radius 1 is 1.12 bits per heavy atom. The van der Waals surface area contributed by atoms with E-state index in [0.717, 1.165) is 0 Å². The zero-order chi connectivity index (χ0) is 17.1. The molecule has 0 aliphatic rings. The van der Waals surface area contributed by atoms with Gasteiger partial charge < -0.3 is 15.2 Å². The van der Waals surface area contributed by atoms with Gasteiger partial charge in [0.15, 0.2) is 5.69 Å². The highest BCUT2D eigenvalue weighted by molar-refractivity contribution is 7.14. The third-order valence-electron chi connectivity index (χ3n) is 3.10. The van der Waals surface area contributed by atoms with Gasteiger partial charge in [-0.15, -0.1) is 11.3 Å². The van der Waals surface area contributed by atoms with Crippen molar-refractivity contribution in [2.75, 3.05) is 10.6 Å². The molecule has 0 atom stereocenters. The molecule has 0 saturated carbocycles. The fourth-order valence-corrected chi connectivity index (χ4v) is 2.86. The van der Waals surface area contributed by atoms with E-state index in [-0.39, 0.29) is 11.6 Å². The van der Waals surface area contributed by atoms with Crippen LogP contribution in [-0.2, 0) is 0 Å². The number of thiophene rings is 1. The van der Waals surface area contributed by atoms with Gasteiger partial charge in [0, 0.05) is 16.8 Å². The zero-order valence-electron chi connectivity index (χ0n) is 12.5. The van der Waals surface area contributed by atoms with E-state index in [2.05, 4.69) is 15.8 Å². The summed E-state index contributed by atoms with van der Waals surface area (Å²) < 4.78 is 4.87. The summed E-state index contributed by atoms with van der Waals surface area (Å²) in [6, 6.07) is 9.92. The van der Waals surface area contributed by atoms with Crippen molar-refractivity contribution in [3.8, 4) is 0 Å². The van der Waals surface area contributed by atoms with Crippen LogP contribution in [-0.4, -0.2) is 17.0 Å². The monoisotopic (exact) mass is 361 g/mol. The molecule has 6 nitrogen and oxygen atoms in total. The van der Waals surface area contributed by atoms with Crippen molar-refractivity contribution in [2.45, 2.75) is 6.92 Å². The molecule has 8 heteroatoms. The molecule has 0 unspecified atom stereocenters. The van der Waals surface area contributed by atoms with Crippen LogP contribution in [0.5, 0.6) is 0 Å². The van der Waals surface area contributed by atoms with Gasteiger partial charge in [-0.1, -0.05) is 16.8 Å². The summed E-state index contributed by atoms with van der Waals surface area (Å²) in [6.45, 7) is 1.69. The molecule has 3 aromatic rings. The first-order valence-electron chi connectivity index (χ1n) is 6.92. The van der Waals surface area contributed by atoms with E-state index in [9.17, 15) is 9.59 Å². The van der Waals surface area contributed by atoms with Gasteiger partial charge in [0.05, 0.1) is 5.56 Å². The molecular weight excluding hydrogens is 350 g/mol. The number of hydrogen-bond acceptors (Lipinski definition) is 5. The number of carbonyl (C=O) groups is 2. The number of nitrogens with one attached hydrogen (secondary N) is 2. The molecule has 1 aromatic carbocycles. The van der Waals surface area contributed by atoms with Crippen molar-refractivity contribution in [2.24, 2.45) is 0 Å². The number of aryl methyl sites for hydroxylation is 1. The standard InChI is InChI=1S/C16H12ClN3O3S/c1-9-8-13(20-23-9)15(22)19-16-12(6-7-24-16)14(21)18-11-4-2-10(17)3-5-11/h2-8H,1H3,(H,18,21)(H,19,22). The largest absolute Gasteiger partial charge is 0.361 e. The lowest BCUT2D eigenvalue weighted by molar-refractivity contribution is 0.101. The minimum Gasteiger partial charge on any atom is -0.361 e. The number of hydrogen-bond donors (Lipinski definition) is 2. The van der Waals surface area contributed by atoms with Crippen LogP contribution in [0.3, 0.4) is 0 Å². The molecule has 122 valence electrons. The SMILES string of the molecule is Cc1cc(C(=O)Nc2sccc2C(=O)Nc2ccc(Cl)cc2)no1. The Morgan fingerprint density at radius 3 is 2.54 bits per heavy atom. The number of aromatic nitrogens is 1. The second-order valence-corrected chi connectivity index (χ2v) is 6.25. The Kier molecular flexibility index (Phi) is 4.64. The minimum absolute atomic E-state index is 0.157. The fraction of sp³-hybridized carbons (Fsp3) is 0.0625. The molecule has 0 aliphatic carbocycles. The first kappa shape index (κ1) is 16.2. The lowest BCUT2D eigenvalue weighted by atomic mass is 10.2. The van der Waals surface area contributed by atoms with Crippen molar-refractivity contribution in [1.82, 2.24) is 5.16 Å². The molecule has 0 spiro atoms. The Balaban J connectivity index is 1.73. The average Bonchev–Trinajstić information content (AvgIpc) is 3.18. The summed E-state index contributed by atoms with van der Waals surface area (Å²) in [5, 5.41) is 11.8. The van der Waals surface area contributed by atoms with Crippen LogP contribution in [0.15, 0.2) is 46.3 Å². The predicted molar refractivity (Wildman–Crippen MR) is 92.9 cm³/mol. The molecule has 0 fully saturated rings. The smallest absolute Gasteiger partial charge is 0.278 e. The van der Waals surface area contributed by atoms with E-state index in [1.807, 2.05) is 0 Å². The lowest BCUT2D eigenvalue weighted by Crippen LogP contribution is -2.16. The molecule has 2 amide bonds.